The zero-order valence-electron chi connectivity index (χ0n) is 14.8. The number of benzene rings is 2. The maximum absolute atomic E-state index is 13.7. The van der Waals surface area contributed by atoms with E-state index in [0.717, 1.165) is 6.07 Å². The van der Waals surface area contributed by atoms with E-state index < -0.39 is 11.6 Å². The monoisotopic (exact) mass is 360 g/mol. The first-order valence-corrected chi connectivity index (χ1v) is 7.79. The first-order chi connectivity index (χ1) is 12.5. The molecule has 0 bridgehead atoms. The standard InChI is InChI=1S/C19H18F2N2O3/c1-22-19-16-13(8-15(24-2)17(25-3)18(16)26-4)14(9-23-19)10-5-11(20)7-12(21)6-10/h5-9H,1-4H3,(H,22,23). The SMILES string of the molecule is CNc1ncc(-c2cc(F)cc(F)c2)c2cc(OC)c(OC)c(OC)c12. The van der Waals surface area contributed by atoms with Crippen molar-refractivity contribution >= 4 is 16.6 Å². The van der Waals surface area contributed by atoms with E-state index >= 15 is 0 Å². The lowest BCUT2D eigenvalue weighted by Crippen LogP contribution is -2.01. The van der Waals surface area contributed by atoms with Crippen LogP contribution in [0, 0.1) is 11.6 Å². The van der Waals surface area contributed by atoms with Gasteiger partial charge in [0, 0.05) is 30.3 Å². The zero-order valence-corrected chi connectivity index (χ0v) is 14.8. The molecule has 26 heavy (non-hydrogen) atoms. The molecule has 0 saturated heterocycles. The topological polar surface area (TPSA) is 52.6 Å². The minimum Gasteiger partial charge on any atom is -0.493 e. The second-order valence-electron chi connectivity index (χ2n) is 5.50. The Morgan fingerprint density at radius 1 is 0.885 bits per heavy atom. The average molecular weight is 360 g/mol. The number of anilines is 1. The van der Waals surface area contributed by atoms with Gasteiger partial charge in [0.15, 0.2) is 11.5 Å². The van der Waals surface area contributed by atoms with Gasteiger partial charge in [-0.25, -0.2) is 13.8 Å². The number of hydrogen-bond donors (Lipinski definition) is 1. The van der Waals surface area contributed by atoms with Crippen LogP contribution in [0.2, 0.25) is 0 Å². The molecular weight excluding hydrogens is 342 g/mol. The molecule has 0 aliphatic carbocycles. The first kappa shape index (κ1) is 17.7. The maximum atomic E-state index is 13.7. The number of fused-ring (bicyclic) bond motifs is 1. The highest BCUT2D eigenvalue weighted by molar-refractivity contribution is 6.07. The van der Waals surface area contributed by atoms with E-state index in [0.29, 0.717) is 45.0 Å². The molecule has 0 amide bonds. The van der Waals surface area contributed by atoms with Gasteiger partial charge in [-0.15, -0.1) is 0 Å². The molecule has 0 spiro atoms. The number of aromatic nitrogens is 1. The molecule has 3 rings (SSSR count). The van der Waals surface area contributed by atoms with Gasteiger partial charge in [-0.3, -0.25) is 0 Å². The Bertz CT molecular complexity index is 957. The molecule has 5 nitrogen and oxygen atoms in total. The lowest BCUT2D eigenvalue weighted by Gasteiger charge is -2.18. The van der Waals surface area contributed by atoms with Crippen molar-refractivity contribution in [3.63, 3.8) is 0 Å². The fraction of sp³-hybridized carbons (Fsp3) is 0.211. The summed E-state index contributed by atoms with van der Waals surface area (Å²) >= 11 is 0. The van der Waals surface area contributed by atoms with E-state index in [1.165, 1.54) is 33.5 Å². The number of hydrogen-bond acceptors (Lipinski definition) is 5. The molecule has 7 heteroatoms. The molecule has 2 aromatic carbocycles. The summed E-state index contributed by atoms with van der Waals surface area (Å²) in [6.45, 7) is 0. The second kappa shape index (κ2) is 7.03. The Morgan fingerprint density at radius 3 is 2.08 bits per heavy atom. The molecule has 0 fully saturated rings. The van der Waals surface area contributed by atoms with Crippen LogP contribution >= 0.6 is 0 Å². The summed E-state index contributed by atoms with van der Waals surface area (Å²) in [6.07, 6.45) is 1.55. The number of pyridine rings is 1. The Hall–Kier alpha value is -3.09. The summed E-state index contributed by atoms with van der Waals surface area (Å²) < 4.78 is 43.8. The van der Waals surface area contributed by atoms with E-state index in [4.69, 9.17) is 14.2 Å². The molecule has 1 aromatic heterocycles. The number of ether oxygens (including phenoxy) is 3. The molecule has 3 aromatic rings. The van der Waals surface area contributed by atoms with Crippen LogP contribution in [0.1, 0.15) is 0 Å². The fourth-order valence-corrected chi connectivity index (χ4v) is 3.00. The van der Waals surface area contributed by atoms with Crippen LogP contribution in [-0.2, 0) is 0 Å². The van der Waals surface area contributed by atoms with E-state index in [2.05, 4.69) is 10.3 Å². The van der Waals surface area contributed by atoms with Gasteiger partial charge in [-0.1, -0.05) is 0 Å². The number of methoxy groups -OCH3 is 3. The molecule has 136 valence electrons. The normalized spacial score (nSPS) is 10.7. The third-order valence-corrected chi connectivity index (χ3v) is 4.09. The number of nitrogens with one attached hydrogen (secondary N) is 1. The first-order valence-electron chi connectivity index (χ1n) is 7.79. The maximum Gasteiger partial charge on any atom is 0.204 e. The highest BCUT2D eigenvalue weighted by Gasteiger charge is 2.21. The van der Waals surface area contributed by atoms with Gasteiger partial charge in [0.2, 0.25) is 5.75 Å². The van der Waals surface area contributed by atoms with Crippen molar-refractivity contribution in [3.8, 4) is 28.4 Å². The third kappa shape index (κ3) is 2.85. The molecule has 0 aliphatic rings. The summed E-state index contributed by atoms with van der Waals surface area (Å²) in [4.78, 5) is 4.37. The highest BCUT2D eigenvalue weighted by Crippen LogP contribution is 2.47. The molecule has 1 heterocycles. The Morgan fingerprint density at radius 2 is 1.54 bits per heavy atom. The van der Waals surface area contributed by atoms with Crippen molar-refractivity contribution in [1.82, 2.24) is 4.98 Å². The Labute approximate surface area is 149 Å². The Balaban J connectivity index is 2.46. The fourth-order valence-electron chi connectivity index (χ4n) is 3.00. The molecule has 1 N–H and O–H groups in total. The lowest BCUT2D eigenvalue weighted by molar-refractivity contribution is 0.327. The number of rotatable bonds is 5. The van der Waals surface area contributed by atoms with Crippen LogP contribution in [0.4, 0.5) is 14.6 Å². The van der Waals surface area contributed by atoms with Gasteiger partial charge < -0.3 is 19.5 Å². The second-order valence-corrected chi connectivity index (χ2v) is 5.50. The smallest absolute Gasteiger partial charge is 0.204 e. The summed E-state index contributed by atoms with van der Waals surface area (Å²) in [5.41, 5.74) is 0.897. The van der Waals surface area contributed by atoms with Gasteiger partial charge in [-0.05, 0) is 23.8 Å². The Kier molecular flexibility index (Phi) is 4.79. The minimum absolute atomic E-state index is 0.358. The summed E-state index contributed by atoms with van der Waals surface area (Å²) in [7, 11) is 6.24. The zero-order chi connectivity index (χ0) is 18.8. The summed E-state index contributed by atoms with van der Waals surface area (Å²) in [6, 6.07) is 5.06. The van der Waals surface area contributed by atoms with Gasteiger partial charge in [0.1, 0.15) is 17.5 Å². The van der Waals surface area contributed by atoms with Crippen LogP contribution < -0.4 is 19.5 Å². The quantitative estimate of drug-likeness (QED) is 0.737. The van der Waals surface area contributed by atoms with Crippen molar-refractivity contribution in [2.24, 2.45) is 0 Å². The van der Waals surface area contributed by atoms with Gasteiger partial charge >= 0.3 is 0 Å². The molecule has 0 saturated carbocycles. The molecule has 0 aliphatic heterocycles. The number of nitrogens with zero attached hydrogens (tertiary/aromatic N) is 1. The van der Waals surface area contributed by atoms with Crippen molar-refractivity contribution in [1.29, 1.82) is 0 Å². The number of halogens is 2. The van der Waals surface area contributed by atoms with Crippen LogP contribution in [0.15, 0.2) is 30.5 Å². The van der Waals surface area contributed by atoms with Crippen molar-refractivity contribution in [2.45, 2.75) is 0 Å². The van der Waals surface area contributed by atoms with Crippen molar-refractivity contribution in [2.75, 3.05) is 33.7 Å². The highest BCUT2D eigenvalue weighted by atomic mass is 19.1. The molecule has 0 unspecified atom stereocenters. The van der Waals surface area contributed by atoms with Crippen LogP contribution in [-0.4, -0.2) is 33.4 Å². The van der Waals surface area contributed by atoms with Crippen LogP contribution in [0.25, 0.3) is 21.9 Å². The van der Waals surface area contributed by atoms with E-state index in [1.54, 1.807) is 19.3 Å². The average Bonchev–Trinajstić information content (AvgIpc) is 2.64. The summed E-state index contributed by atoms with van der Waals surface area (Å²) in [5.74, 6) is 0.457. The van der Waals surface area contributed by atoms with E-state index in [-0.39, 0.29) is 0 Å². The van der Waals surface area contributed by atoms with Crippen LogP contribution in [0.5, 0.6) is 17.2 Å². The lowest BCUT2D eigenvalue weighted by atomic mass is 9.98. The van der Waals surface area contributed by atoms with E-state index in [1.807, 2.05) is 0 Å². The largest absolute Gasteiger partial charge is 0.493 e. The molecule has 0 radical (unpaired) electrons. The summed E-state index contributed by atoms with van der Waals surface area (Å²) in [5, 5.41) is 4.28. The minimum atomic E-state index is -0.668. The van der Waals surface area contributed by atoms with Gasteiger partial charge in [0.05, 0.1) is 26.7 Å². The third-order valence-electron chi connectivity index (χ3n) is 4.09. The van der Waals surface area contributed by atoms with E-state index in [9.17, 15) is 8.78 Å². The van der Waals surface area contributed by atoms with Gasteiger partial charge in [-0.2, -0.15) is 0 Å². The molecule has 0 atom stereocenters. The van der Waals surface area contributed by atoms with Crippen LogP contribution in [0.3, 0.4) is 0 Å². The van der Waals surface area contributed by atoms with Crippen molar-refractivity contribution < 1.29 is 23.0 Å². The predicted molar refractivity (Wildman–Crippen MR) is 96.3 cm³/mol. The van der Waals surface area contributed by atoms with Gasteiger partial charge in [0.25, 0.3) is 0 Å². The van der Waals surface area contributed by atoms with Crippen molar-refractivity contribution in [3.05, 3.63) is 42.1 Å². The molecular formula is C19H18F2N2O3. The predicted octanol–water partition coefficient (Wildman–Crippen LogP) is 4.25.